The third kappa shape index (κ3) is 3.49. The molecule has 100 valence electrons. The van der Waals surface area contributed by atoms with Crippen LogP contribution in [0.5, 0.6) is 0 Å². The van der Waals surface area contributed by atoms with E-state index < -0.39 is 0 Å². The molecule has 0 amide bonds. The van der Waals surface area contributed by atoms with Gasteiger partial charge in [-0.25, -0.2) is 0 Å². The summed E-state index contributed by atoms with van der Waals surface area (Å²) in [5, 5.41) is 0. The molecule has 0 N–H and O–H groups in total. The molecule has 0 aromatic heterocycles. The Morgan fingerprint density at radius 2 is 2.06 bits per heavy atom. The van der Waals surface area contributed by atoms with Gasteiger partial charge in [0.15, 0.2) is 0 Å². The second kappa shape index (κ2) is 7.16. The quantitative estimate of drug-likeness (QED) is 0.527. The van der Waals surface area contributed by atoms with E-state index in [4.69, 9.17) is 16.3 Å². The first kappa shape index (κ1) is 13.9. The van der Waals surface area contributed by atoms with Crippen LogP contribution in [0.1, 0.15) is 56.3 Å². The van der Waals surface area contributed by atoms with Gasteiger partial charge in [-0.3, -0.25) is 0 Å². The fraction of sp³-hybridized carbons (Fsp3) is 0.625. The molecule has 0 bridgehead atoms. The molecule has 0 saturated carbocycles. The van der Waals surface area contributed by atoms with Gasteiger partial charge in [0.2, 0.25) is 0 Å². The van der Waals surface area contributed by atoms with Gasteiger partial charge in [0.25, 0.3) is 0 Å². The average molecular weight is 267 g/mol. The maximum absolute atomic E-state index is 6.11. The third-order valence-electron chi connectivity index (χ3n) is 3.73. The molecule has 18 heavy (non-hydrogen) atoms. The number of benzene rings is 1. The van der Waals surface area contributed by atoms with Gasteiger partial charge in [-0.15, -0.1) is 11.6 Å². The number of unbranched alkanes of at least 4 members (excludes halogenated alkanes) is 3. The van der Waals surface area contributed by atoms with Crippen LogP contribution in [0, 0.1) is 0 Å². The molecular weight excluding hydrogens is 244 g/mol. The normalized spacial score (nSPS) is 22.8. The molecule has 1 aliphatic heterocycles. The first-order chi connectivity index (χ1) is 8.85. The van der Waals surface area contributed by atoms with Gasteiger partial charge >= 0.3 is 0 Å². The number of rotatable bonds is 6. The molecule has 1 aromatic carbocycles. The maximum atomic E-state index is 6.11. The number of ether oxygens (including phenoxy) is 1. The van der Waals surface area contributed by atoms with Crippen LogP contribution < -0.4 is 0 Å². The van der Waals surface area contributed by atoms with E-state index in [0.29, 0.717) is 12.0 Å². The van der Waals surface area contributed by atoms with Crippen LogP contribution >= 0.6 is 11.6 Å². The minimum Gasteiger partial charge on any atom is -0.369 e. The van der Waals surface area contributed by atoms with Gasteiger partial charge in [-0.05, 0) is 24.0 Å². The summed E-state index contributed by atoms with van der Waals surface area (Å²) in [6, 6.07) is 8.55. The summed E-state index contributed by atoms with van der Waals surface area (Å²) < 4.78 is 6.11. The fourth-order valence-electron chi connectivity index (χ4n) is 2.72. The topological polar surface area (TPSA) is 9.23 Å². The molecule has 2 heteroatoms. The van der Waals surface area contributed by atoms with E-state index in [1.54, 1.807) is 0 Å². The first-order valence-corrected chi connectivity index (χ1v) is 7.67. The van der Waals surface area contributed by atoms with Crippen LogP contribution in [-0.2, 0) is 11.2 Å². The van der Waals surface area contributed by atoms with Crippen molar-refractivity contribution in [2.75, 3.05) is 5.88 Å². The monoisotopic (exact) mass is 266 g/mol. The highest BCUT2D eigenvalue weighted by Crippen LogP contribution is 2.32. The van der Waals surface area contributed by atoms with E-state index in [9.17, 15) is 0 Å². The zero-order chi connectivity index (χ0) is 12.8. The highest BCUT2D eigenvalue weighted by molar-refractivity contribution is 6.18. The van der Waals surface area contributed by atoms with Crippen LogP contribution in [-0.4, -0.2) is 12.0 Å². The molecule has 1 aromatic rings. The van der Waals surface area contributed by atoms with Crippen LogP contribution in [0.4, 0.5) is 0 Å². The Balaban J connectivity index is 1.93. The predicted molar refractivity (Wildman–Crippen MR) is 77.2 cm³/mol. The summed E-state index contributed by atoms with van der Waals surface area (Å²) in [6.45, 7) is 2.25. The van der Waals surface area contributed by atoms with Gasteiger partial charge in [0.05, 0.1) is 18.1 Å². The number of hydrogen-bond acceptors (Lipinski definition) is 1. The van der Waals surface area contributed by atoms with Crippen LogP contribution in [0.15, 0.2) is 24.3 Å². The lowest BCUT2D eigenvalue weighted by Gasteiger charge is -2.31. The van der Waals surface area contributed by atoms with E-state index in [2.05, 4.69) is 31.2 Å². The van der Waals surface area contributed by atoms with Crippen LogP contribution in [0.3, 0.4) is 0 Å². The summed E-state index contributed by atoms with van der Waals surface area (Å²) in [5.74, 6) is 0.558. The molecule has 0 unspecified atom stereocenters. The first-order valence-electron chi connectivity index (χ1n) is 7.14. The Labute approximate surface area is 115 Å². The number of alkyl halides is 1. The van der Waals surface area contributed by atoms with Crippen molar-refractivity contribution < 1.29 is 4.74 Å². The van der Waals surface area contributed by atoms with E-state index in [1.165, 1.54) is 43.2 Å². The van der Waals surface area contributed by atoms with Gasteiger partial charge in [-0.2, -0.15) is 0 Å². The summed E-state index contributed by atoms with van der Waals surface area (Å²) >= 11 is 6.03. The molecule has 0 saturated heterocycles. The van der Waals surface area contributed by atoms with Crippen molar-refractivity contribution in [1.29, 1.82) is 0 Å². The van der Waals surface area contributed by atoms with Gasteiger partial charge in [0.1, 0.15) is 0 Å². The van der Waals surface area contributed by atoms with Crippen molar-refractivity contribution in [3.05, 3.63) is 35.4 Å². The Kier molecular flexibility index (Phi) is 5.52. The van der Waals surface area contributed by atoms with E-state index in [-0.39, 0.29) is 6.10 Å². The van der Waals surface area contributed by atoms with Crippen LogP contribution in [0.25, 0.3) is 0 Å². The third-order valence-corrected chi connectivity index (χ3v) is 4.01. The van der Waals surface area contributed by atoms with Gasteiger partial charge in [0, 0.05) is 0 Å². The maximum Gasteiger partial charge on any atom is 0.0966 e. The predicted octanol–water partition coefficient (Wildman–Crippen LogP) is 4.88. The van der Waals surface area contributed by atoms with Crippen molar-refractivity contribution in [3.8, 4) is 0 Å². The Hall–Kier alpha value is -0.530. The van der Waals surface area contributed by atoms with E-state index in [0.717, 1.165) is 6.42 Å². The fourth-order valence-corrected chi connectivity index (χ4v) is 2.96. The molecule has 2 rings (SSSR count). The minimum absolute atomic E-state index is 0.0905. The van der Waals surface area contributed by atoms with Gasteiger partial charge < -0.3 is 4.74 Å². The number of halogens is 1. The van der Waals surface area contributed by atoms with Crippen molar-refractivity contribution in [2.45, 2.75) is 57.7 Å². The average Bonchev–Trinajstić information content (AvgIpc) is 2.42. The second-order valence-corrected chi connectivity index (χ2v) is 5.46. The molecule has 1 heterocycles. The summed E-state index contributed by atoms with van der Waals surface area (Å²) in [7, 11) is 0. The largest absolute Gasteiger partial charge is 0.369 e. The van der Waals surface area contributed by atoms with E-state index >= 15 is 0 Å². The highest BCUT2D eigenvalue weighted by Gasteiger charge is 2.26. The molecular formula is C16H23ClO. The standard InChI is InChI=1S/C16H23ClO/c1-2-3-4-5-9-14-11-13-8-6-7-10-15(13)16(12-17)18-14/h6-8,10,14,16H,2-5,9,11-12H2,1H3/t14-,16+/m1/s1. The highest BCUT2D eigenvalue weighted by atomic mass is 35.5. The second-order valence-electron chi connectivity index (χ2n) is 5.15. The summed E-state index contributed by atoms with van der Waals surface area (Å²) in [4.78, 5) is 0. The molecule has 0 radical (unpaired) electrons. The van der Waals surface area contributed by atoms with Crippen molar-refractivity contribution >= 4 is 11.6 Å². The molecule has 0 aliphatic carbocycles. The zero-order valence-electron chi connectivity index (χ0n) is 11.2. The summed E-state index contributed by atoms with van der Waals surface area (Å²) in [5.41, 5.74) is 2.71. The van der Waals surface area contributed by atoms with Crippen molar-refractivity contribution in [1.82, 2.24) is 0 Å². The Morgan fingerprint density at radius 3 is 2.83 bits per heavy atom. The Morgan fingerprint density at radius 1 is 1.22 bits per heavy atom. The van der Waals surface area contributed by atoms with E-state index in [1.807, 2.05) is 0 Å². The SMILES string of the molecule is CCCCCC[C@@H]1Cc2ccccc2[C@H](CCl)O1. The molecule has 0 fully saturated rings. The van der Waals surface area contributed by atoms with Crippen molar-refractivity contribution in [3.63, 3.8) is 0 Å². The molecule has 0 spiro atoms. The lowest BCUT2D eigenvalue weighted by atomic mass is 9.92. The summed E-state index contributed by atoms with van der Waals surface area (Å²) in [6.07, 6.45) is 7.89. The minimum atomic E-state index is 0.0905. The molecule has 2 atom stereocenters. The zero-order valence-corrected chi connectivity index (χ0v) is 12.0. The lowest BCUT2D eigenvalue weighted by Crippen LogP contribution is -2.27. The molecule has 1 nitrogen and oxygen atoms in total. The Bertz CT molecular complexity index is 364. The lowest BCUT2D eigenvalue weighted by molar-refractivity contribution is -0.0189. The van der Waals surface area contributed by atoms with Crippen molar-refractivity contribution in [2.24, 2.45) is 0 Å². The smallest absolute Gasteiger partial charge is 0.0966 e. The van der Waals surface area contributed by atoms with Gasteiger partial charge in [-0.1, -0.05) is 56.9 Å². The molecule has 1 aliphatic rings. The number of fused-ring (bicyclic) bond motifs is 1. The number of hydrogen-bond donors (Lipinski definition) is 0. The van der Waals surface area contributed by atoms with Crippen LogP contribution in [0.2, 0.25) is 0 Å².